The predicted octanol–water partition coefficient (Wildman–Crippen LogP) is 2.54. The summed E-state index contributed by atoms with van der Waals surface area (Å²) in [5.41, 5.74) is 0. The van der Waals surface area contributed by atoms with Gasteiger partial charge in [0.2, 0.25) is 0 Å². The predicted molar refractivity (Wildman–Crippen MR) is 62.9 cm³/mol. The molecule has 1 N–H and O–H groups in total. The minimum atomic E-state index is -2.95. The summed E-state index contributed by atoms with van der Waals surface area (Å²) in [4.78, 5) is 10.4. The van der Waals surface area contributed by atoms with E-state index in [1.807, 2.05) is 30.3 Å². The topological polar surface area (TPSA) is 38.7 Å². The molecule has 2 aromatic rings. The smallest absolute Gasteiger partial charge is 0.368 e. The Kier molecular flexibility index (Phi) is 2.10. The van der Waals surface area contributed by atoms with E-state index in [9.17, 15) is 4.89 Å². The Morgan fingerprint density at radius 1 is 0.750 bits per heavy atom. The molecule has 3 rings (SSSR count). The summed E-state index contributed by atoms with van der Waals surface area (Å²) in [6, 6.07) is 16.5. The molecular formula is C12H10O3P. The van der Waals surface area contributed by atoms with Gasteiger partial charge >= 0.3 is 7.94 Å². The molecule has 81 valence electrons. The van der Waals surface area contributed by atoms with Crippen LogP contribution >= 0.6 is 7.94 Å². The van der Waals surface area contributed by atoms with Gasteiger partial charge in [-0.05, 0) is 24.3 Å². The third kappa shape index (κ3) is 1.45. The van der Waals surface area contributed by atoms with Crippen LogP contribution in [-0.4, -0.2) is 4.89 Å². The first-order valence-electron chi connectivity index (χ1n) is 4.94. The number of benzene rings is 2. The number of hydrogen-bond acceptors (Lipinski definition) is 3. The van der Waals surface area contributed by atoms with Crippen molar-refractivity contribution >= 4 is 13.2 Å². The Bertz CT molecular complexity index is 488. The van der Waals surface area contributed by atoms with E-state index in [4.69, 9.17) is 9.05 Å². The Hall–Kier alpha value is -1.57. The molecule has 3 nitrogen and oxygen atoms in total. The first kappa shape index (κ1) is 9.64. The molecule has 1 heterocycles. The van der Waals surface area contributed by atoms with Crippen LogP contribution in [0.1, 0.15) is 0 Å². The fourth-order valence-electron chi connectivity index (χ4n) is 1.61. The summed E-state index contributed by atoms with van der Waals surface area (Å²) in [6.45, 7) is 0. The number of rotatable bonds is 1. The van der Waals surface area contributed by atoms with E-state index in [0.717, 1.165) is 0 Å². The van der Waals surface area contributed by atoms with Crippen LogP contribution in [-0.2, 0) is 0 Å². The van der Waals surface area contributed by atoms with Crippen molar-refractivity contribution in [2.45, 2.75) is 0 Å². The molecule has 0 saturated carbocycles. The summed E-state index contributed by atoms with van der Waals surface area (Å²) in [5.74, 6) is 1.20. The zero-order valence-corrected chi connectivity index (χ0v) is 9.30. The fourth-order valence-corrected chi connectivity index (χ4v) is 3.24. The van der Waals surface area contributed by atoms with E-state index in [-0.39, 0.29) is 0 Å². The maximum Gasteiger partial charge on any atom is 0.368 e. The minimum Gasteiger partial charge on any atom is -0.419 e. The quantitative estimate of drug-likeness (QED) is 0.769. The van der Waals surface area contributed by atoms with Crippen LogP contribution in [0.5, 0.6) is 11.5 Å². The van der Waals surface area contributed by atoms with E-state index in [1.165, 1.54) is 0 Å². The molecule has 0 spiro atoms. The lowest BCUT2D eigenvalue weighted by Gasteiger charge is -2.21. The van der Waals surface area contributed by atoms with Gasteiger partial charge in [0, 0.05) is 0 Å². The zero-order chi connectivity index (χ0) is 11.0. The zero-order valence-electron chi connectivity index (χ0n) is 8.41. The maximum absolute atomic E-state index is 10.4. The molecule has 0 aromatic heterocycles. The summed E-state index contributed by atoms with van der Waals surface area (Å²) < 4.78 is 11.0. The third-order valence-corrected chi connectivity index (χ3v) is 4.21. The standard InChI is InChI=1S/C12H10O3P/c13-16(10-6-2-1-3-7-10)14-11-8-4-5-9-12(11)15-16/h1-9,13H. The van der Waals surface area contributed by atoms with Gasteiger partial charge in [-0.25, -0.2) is 0 Å². The molecule has 2 aromatic carbocycles. The van der Waals surface area contributed by atoms with Crippen molar-refractivity contribution in [2.24, 2.45) is 0 Å². The molecule has 1 aliphatic rings. The molecule has 0 atom stereocenters. The molecule has 1 radical (unpaired) electrons. The highest BCUT2D eigenvalue weighted by Crippen LogP contribution is 2.62. The largest absolute Gasteiger partial charge is 0.419 e. The minimum absolute atomic E-state index is 0.599. The van der Waals surface area contributed by atoms with Gasteiger partial charge in [0.25, 0.3) is 0 Å². The van der Waals surface area contributed by atoms with Gasteiger partial charge in [-0.3, -0.25) is 0 Å². The number of para-hydroxylation sites is 2. The average molecular weight is 233 g/mol. The van der Waals surface area contributed by atoms with Crippen molar-refractivity contribution in [3.63, 3.8) is 0 Å². The van der Waals surface area contributed by atoms with Gasteiger partial charge in [-0.2, -0.15) is 0 Å². The SMILES string of the molecule is O[P]1(c2ccccc2)Oc2ccccc2O1. The molecule has 0 unspecified atom stereocenters. The Balaban J connectivity index is 2.01. The molecule has 0 saturated heterocycles. The van der Waals surface area contributed by atoms with Crippen molar-refractivity contribution in [3.05, 3.63) is 54.6 Å². The van der Waals surface area contributed by atoms with Crippen LogP contribution in [0.3, 0.4) is 0 Å². The van der Waals surface area contributed by atoms with E-state index in [1.54, 1.807) is 24.3 Å². The first-order valence-corrected chi connectivity index (χ1v) is 6.51. The normalized spacial score (nSPS) is 16.1. The Morgan fingerprint density at radius 3 is 1.81 bits per heavy atom. The van der Waals surface area contributed by atoms with Gasteiger partial charge in [0.1, 0.15) is 0 Å². The van der Waals surface area contributed by atoms with Crippen molar-refractivity contribution in [2.75, 3.05) is 0 Å². The van der Waals surface area contributed by atoms with E-state index < -0.39 is 7.94 Å². The van der Waals surface area contributed by atoms with E-state index in [0.29, 0.717) is 16.8 Å². The van der Waals surface area contributed by atoms with Crippen molar-refractivity contribution < 1.29 is 13.9 Å². The van der Waals surface area contributed by atoms with Crippen LogP contribution in [0.25, 0.3) is 0 Å². The highest BCUT2D eigenvalue weighted by atomic mass is 31.2. The van der Waals surface area contributed by atoms with Gasteiger partial charge in [-0.15, -0.1) is 0 Å². The van der Waals surface area contributed by atoms with Crippen LogP contribution < -0.4 is 14.4 Å². The number of fused-ring (bicyclic) bond motifs is 1. The number of hydrogen-bond donors (Lipinski definition) is 1. The molecule has 0 aliphatic carbocycles. The molecule has 16 heavy (non-hydrogen) atoms. The maximum atomic E-state index is 10.4. The lowest BCUT2D eigenvalue weighted by molar-refractivity contribution is 0.408. The summed E-state index contributed by atoms with van der Waals surface area (Å²) in [7, 11) is -2.95. The molecule has 1 aliphatic heterocycles. The molecule has 0 fully saturated rings. The lowest BCUT2D eigenvalue weighted by atomic mass is 10.3. The lowest BCUT2D eigenvalue weighted by Crippen LogP contribution is -2.16. The van der Waals surface area contributed by atoms with Gasteiger partial charge in [-0.1, -0.05) is 30.3 Å². The van der Waals surface area contributed by atoms with E-state index >= 15 is 0 Å². The van der Waals surface area contributed by atoms with Gasteiger partial charge < -0.3 is 13.9 Å². The van der Waals surface area contributed by atoms with Crippen molar-refractivity contribution in [1.82, 2.24) is 0 Å². The van der Waals surface area contributed by atoms with Crippen LogP contribution in [0.15, 0.2) is 54.6 Å². The van der Waals surface area contributed by atoms with Gasteiger partial charge in [0.15, 0.2) is 11.5 Å². The monoisotopic (exact) mass is 233 g/mol. The van der Waals surface area contributed by atoms with E-state index in [2.05, 4.69) is 0 Å². The van der Waals surface area contributed by atoms with Crippen LogP contribution in [0, 0.1) is 0 Å². The molecule has 4 heteroatoms. The van der Waals surface area contributed by atoms with Crippen molar-refractivity contribution in [3.8, 4) is 11.5 Å². The second-order valence-electron chi connectivity index (χ2n) is 3.49. The van der Waals surface area contributed by atoms with Gasteiger partial charge in [0.05, 0.1) is 5.30 Å². The van der Waals surface area contributed by atoms with Crippen LogP contribution in [0.2, 0.25) is 0 Å². The second kappa shape index (κ2) is 3.48. The molecule has 0 bridgehead atoms. The third-order valence-electron chi connectivity index (χ3n) is 2.38. The summed E-state index contributed by atoms with van der Waals surface area (Å²) in [6.07, 6.45) is 0. The summed E-state index contributed by atoms with van der Waals surface area (Å²) >= 11 is 0. The first-order chi connectivity index (χ1) is 7.78. The molecular weight excluding hydrogens is 223 g/mol. The second-order valence-corrected chi connectivity index (χ2v) is 5.41. The highest BCUT2D eigenvalue weighted by Gasteiger charge is 2.40. The van der Waals surface area contributed by atoms with Crippen LogP contribution in [0.4, 0.5) is 0 Å². The Morgan fingerprint density at radius 2 is 1.25 bits per heavy atom. The molecule has 0 amide bonds. The average Bonchev–Trinajstić information content (AvgIpc) is 2.68. The van der Waals surface area contributed by atoms with Crippen molar-refractivity contribution in [1.29, 1.82) is 0 Å². The fraction of sp³-hybridized carbons (Fsp3) is 0. The summed E-state index contributed by atoms with van der Waals surface area (Å²) in [5, 5.41) is 0.686. The Labute approximate surface area is 93.8 Å². The highest BCUT2D eigenvalue weighted by molar-refractivity contribution is 7.69.